The maximum absolute atomic E-state index is 10.1. The van der Waals surface area contributed by atoms with Crippen LogP contribution in [0.2, 0.25) is 10.0 Å². The van der Waals surface area contributed by atoms with Crippen LogP contribution in [0.15, 0.2) is 48.5 Å². The third-order valence-corrected chi connectivity index (χ3v) is 3.48. The number of rotatable bonds is 4. The number of aryl methyl sites for hydroxylation is 1. The van der Waals surface area contributed by atoms with Crippen LogP contribution in [-0.2, 0) is 6.42 Å². The van der Waals surface area contributed by atoms with Gasteiger partial charge in [0, 0.05) is 10.0 Å². The van der Waals surface area contributed by atoms with Crippen molar-refractivity contribution in [1.29, 1.82) is 0 Å². The third kappa shape index (κ3) is 3.49. The SMILES string of the molecule is OC(CCc1cc(Cl)ccc1Cl)c1ccccc1. The summed E-state index contributed by atoms with van der Waals surface area (Å²) in [6, 6.07) is 15.0. The first-order valence-electron chi connectivity index (χ1n) is 5.84. The van der Waals surface area contributed by atoms with Gasteiger partial charge in [-0.3, -0.25) is 0 Å². The molecule has 0 amide bonds. The van der Waals surface area contributed by atoms with Gasteiger partial charge in [0.15, 0.2) is 0 Å². The zero-order valence-electron chi connectivity index (χ0n) is 9.81. The van der Waals surface area contributed by atoms with Gasteiger partial charge in [-0.2, -0.15) is 0 Å². The Kier molecular flexibility index (Phi) is 4.65. The Morgan fingerprint density at radius 3 is 2.44 bits per heavy atom. The molecular formula is C15H14Cl2O. The molecule has 1 unspecified atom stereocenters. The van der Waals surface area contributed by atoms with E-state index in [0.29, 0.717) is 22.9 Å². The lowest BCUT2D eigenvalue weighted by Gasteiger charge is -2.11. The van der Waals surface area contributed by atoms with Crippen molar-refractivity contribution in [2.75, 3.05) is 0 Å². The Labute approximate surface area is 117 Å². The Morgan fingerprint density at radius 2 is 1.72 bits per heavy atom. The van der Waals surface area contributed by atoms with Crippen LogP contribution in [0.5, 0.6) is 0 Å². The molecule has 1 N–H and O–H groups in total. The minimum Gasteiger partial charge on any atom is -0.388 e. The van der Waals surface area contributed by atoms with Gasteiger partial charge < -0.3 is 5.11 Å². The highest BCUT2D eigenvalue weighted by molar-refractivity contribution is 6.33. The fraction of sp³-hybridized carbons (Fsp3) is 0.200. The first kappa shape index (κ1) is 13.4. The van der Waals surface area contributed by atoms with Crippen LogP contribution in [0.25, 0.3) is 0 Å². The van der Waals surface area contributed by atoms with Crippen LogP contribution in [0.1, 0.15) is 23.7 Å². The summed E-state index contributed by atoms with van der Waals surface area (Å²) >= 11 is 12.0. The van der Waals surface area contributed by atoms with E-state index in [2.05, 4.69) is 0 Å². The molecule has 3 heteroatoms. The Morgan fingerprint density at radius 1 is 1.00 bits per heavy atom. The molecule has 2 aromatic rings. The van der Waals surface area contributed by atoms with Gasteiger partial charge in [0.05, 0.1) is 6.10 Å². The molecule has 18 heavy (non-hydrogen) atoms. The fourth-order valence-corrected chi connectivity index (χ4v) is 2.28. The van der Waals surface area contributed by atoms with Crippen LogP contribution in [0.3, 0.4) is 0 Å². The summed E-state index contributed by atoms with van der Waals surface area (Å²) in [5, 5.41) is 11.4. The minimum absolute atomic E-state index is 0.471. The molecule has 0 radical (unpaired) electrons. The first-order valence-corrected chi connectivity index (χ1v) is 6.59. The lowest BCUT2D eigenvalue weighted by atomic mass is 10.0. The normalized spacial score (nSPS) is 12.4. The zero-order chi connectivity index (χ0) is 13.0. The maximum atomic E-state index is 10.1. The number of halogens is 2. The largest absolute Gasteiger partial charge is 0.388 e. The summed E-state index contributed by atoms with van der Waals surface area (Å²) in [7, 11) is 0. The molecule has 0 saturated heterocycles. The monoisotopic (exact) mass is 280 g/mol. The summed E-state index contributed by atoms with van der Waals surface area (Å²) in [5.41, 5.74) is 1.90. The summed E-state index contributed by atoms with van der Waals surface area (Å²) in [4.78, 5) is 0. The Hall–Kier alpha value is -1.02. The number of hydrogen-bond acceptors (Lipinski definition) is 1. The molecule has 0 bridgehead atoms. The van der Waals surface area contributed by atoms with Gasteiger partial charge in [0.2, 0.25) is 0 Å². The predicted molar refractivity (Wildman–Crippen MR) is 76.2 cm³/mol. The highest BCUT2D eigenvalue weighted by Crippen LogP contribution is 2.25. The van der Waals surface area contributed by atoms with E-state index in [1.165, 1.54) is 0 Å². The van der Waals surface area contributed by atoms with Crippen molar-refractivity contribution >= 4 is 23.2 Å². The minimum atomic E-state index is -0.471. The smallest absolute Gasteiger partial charge is 0.0793 e. The van der Waals surface area contributed by atoms with E-state index in [1.54, 1.807) is 12.1 Å². The van der Waals surface area contributed by atoms with Crippen molar-refractivity contribution in [1.82, 2.24) is 0 Å². The summed E-state index contributed by atoms with van der Waals surface area (Å²) < 4.78 is 0. The van der Waals surface area contributed by atoms with Gasteiger partial charge in [0.25, 0.3) is 0 Å². The van der Waals surface area contributed by atoms with E-state index >= 15 is 0 Å². The fourth-order valence-electron chi connectivity index (χ4n) is 1.87. The average Bonchev–Trinajstić information content (AvgIpc) is 2.40. The topological polar surface area (TPSA) is 20.2 Å². The lowest BCUT2D eigenvalue weighted by molar-refractivity contribution is 0.168. The molecule has 1 nitrogen and oxygen atoms in total. The van der Waals surface area contributed by atoms with Gasteiger partial charge in [-0.15, -0.1) is 0 Å². The second kappa shape index (κ2) is 6.24. The van der Waals surface area contributed by atoms with Gasteiger partial charge in [-0.1, -0.05) is 53.5 Å². The van der Waals surface area contributed by atoms with Crippen molar-refractivity contribution in [3.05, 3.63) is 69.7 Å². The highest BCUT2D eigenvalue weighted by Gasteiger charge is 2.09. The van der Waals surface area contributed by atoms with Crippen LogP contribution in [0, 0.1) is 0 Å². The molecule has 0 aliphatic heterocycles. The zero-order valence-corrected chi connectivity index (χ0v) is 11.3. The maximum Gasteiger partial charge on any atom is 0.0793 e. The summed E-state index contributed by atoms with van der Waals surface area (Å²) in [6.45, 7) is 0. The molecule has 94 valence electrons. The highest BCUT2D eigenvalue weighted by atomic mass is 35.5. The lowest BCUT2D eigenvalue weighted by Crippen LogP contribution is -1.99. The van der Waals surface area contributed by atoms with Gasteiger partial charge in [-0.25, -0.2) is 0 Å². The number of aliphatic hydroxyl groups excluding tert-OH is 1. The van der Waals surface area contributed by atoms with E-state index in [9.17, 15) is 5.11 Å². The van der Waals surface area contributed by atoms with E-state index in [-0.39, 0.29) is 0 Å². The molecule has 1 atom stereocenters. The second-order valence-electron chi connectivity index (χ2n) is 4.20. The molecule has 0 fully saturated rings. The average molecular weight is 281 g/mol. The number of aliphatic hydroxyl groups is 1. The molecule has 0 aliphatic rings. The van der Waals surface area contributed by atoms with Crippen LogP contribution in [0.4, 0.5) is 0 Å². The van der Waals surface area contributed by atoms with Gasteiger partial charge >= 0.3 is 0 Å². The molecular weight excluding hydrogens is 267 g/mol. The van der Waals surface area contributed by atoms with Crippen molar-refractivity contribution in [3.8, 4) is 0 Å². The molecule has 0 aromatic heterocycles. The van der Waals surface area contributed by atoms with E-state index < -0.39 is 6.10 Å². The molecule has 0 aliphatic carbocycles. The van der Waals surface area contributed by atoms with Crippen LogP contribution < -0.4 is 0 Å². The number of benzene rings is 2. The van der Waals surface area contributed by atoms with Crippen molar-refractivity contribution < 1.29 is 5.11 Å². The summed E-state index contributed by atoms with van der Waals surface area (Å²) in [6.07, 6.45) is 0.862. The Bertz CT molecular complexity index is 511. The molecule has 0 saturated carbocycles. The molecule has 2 rings (SSSR count). The summed E-state index contributed by atoms with van der Waals surface area (Å²) in [5.74, 6) is 0. The van der Waals surface area contributed by atoms with E-state index in [1.807, 2.05) is 36.4 Å². The Balaban J connectivity index is 2.01. The van der Waals surface area contributed by atoms with Crippen LogP contribution >= 0.6 is 23.2 Å². The van der Waals surface area contributed by atoms with E-state index in [0.717, 1.165) is 11.1 Å². The second-order valence-corrected chi connectivity index (χ2v) is 5.04. The van der Waals surface area contributed by atoms with E-state index in [4.69, 9.17) is 23.2 Å². The first-order chi connectivity index (χ1) is 8.66. The van der Waals surface area contributed by atoms with Crippen molar-refractivity contribution in [2.24, 2.45) is 0 Å². The van der Waals surface area contributed by atoms with Crippen molar-refractivity contribution in [3.63, 3.8) is 0 Å². The molecule has 0 heterocycles. The van der Waals surface area contributed by atoms with Crippen LogP contribution in [-0.4, -0.2) is 5.11 Å². The quantitative estimate of drug-likeness (QED) is 0.864. The number of hydrogen-bond donors (Lipinski definition) is 1. The third-order valence-electron chi connectivity index (χ3n) is 2.88. The molecule has 2 aromatic carbocycles. The van der Waals surface area contributed by atoms with Gasteiger partial charge in [0.1, 0.15) is 0 Å². The van der Waals surface area contributed by atoms with Gasteiger partial charge in [-0.05, 0) is 42.2 Å². The molecule has 0 spiro atoms. The van der Waals surface area contributed by atoms with Crippen molar-refractivity contribution in [2.45, 2.75) is 18.9 Å². The standard InChI is InChI=1S/C15H14Cl2O/c16-13-7-8-14(17)12(10-13)6-9-15(18)11-4-2-1-3-5-11/h1-5,7-8,10,15,18H,6,9H2. The predicted octanol–water partition coefficient (Wildman–Crippen LogP) is 4.66.